The molecule has 0 spiro atoms. The van der Waals surface area contributed by atoms with Crippen molar-refractivity contribution in [3.05, 3.63) is 59.7 Å². The van der Waals surface area contributed by atoms with Crippen LogP contribution in [0.5, 0.6) is 0 Å². The summed E-state index contributed by atoms with van der Waals surface area (Å²) >= 11 is 0. The van der Waals surface area contributed by atoms with Crippen LogP contribution in [0.3, 0.4) is 0 Å². The molecule has 2 amide bonds. The van der Waals surface area contributed by atoms with Gasteiger partial charge in [0.15, 0.2) is 0 Å². The molecule has 11 heteroatoms. The summed E-state index contributed by atoms with van der Waals surface area (Å²) in [5.41, 5.74) is -0.201. The fourth-order valence-electron chi connectivity index (χ4n) is 2.29. The van der Waals surface area contributed by atoms with Gasteiger partial charge in [0, 0.05) is 19.2 Å². The number of alkyl halides is 3. The van der Waals surface area contributed by atoms with E-state index >= 15 is 0 Å². The first kappa shape index (κ1) is 22.4. The van der Waals surface area contributed by atoms with Gasteiger partial charge in [-0.05, 0) is 42.0 Å². The minimum atomic E-state index is -4.49. The van der Waals surface area contributed by atoms with Gasteiger partial charge in [-0.1, -0.05) is 12.1 Å². The second-order valence-corrected chi connectivity index (χ2v) is 7.77. The molecule has 0 unspecified atom stereocenters. The summed E-state index contributed by atoms with van der Waals surface area (Å²) < 4.78 is 64.5. The van der Waals surface area contributed by atoms with E-state index in [-0.39, 0.29) is 22.9 Å². The molecule has 156 valence electrons. The monoisotopic (exact) mass is 429 g/mol. The molecule has 0 atom stereocenters. The lowest BCUT2D eigenvalue weighted by molar-refractivity contribution is -0.137. The quantitative estimate of drug-likeness (QED) is 0.628. The topological polar surface area (TPSA) is 104 Å². The summed E-state index contributed by atoms with van der Waals surface area (Å²) in [7, 11) is -3.98. The maximum absolute atomic E-state index is 12.7. The zero-order chi connectivity index (χ0) is 21.7. The highest BCUT2D eigenvalue weighted by molar-refractivity contribution is 7.89. The highest BCUT2D eigenvalue weighted by Crippen LogP contribution is 2.29. The van der Waals surface area contributed by atoms with E-state index in [9.17, 15) is 31.2 Å². The lowest BCUT2D eigenvalue weighted by atomic mass is 10.1. The Morgan fingerprint density at radius 1 is 1.03 bits per heavy atom. The Hall–Kier alpha value is -2.92. The SMILES string of the molecule is CC(=O)Nc1ccc(S(=O)(=O)NCC(=O)NCc2cccc(C(F)(F)F)c2)cc1. The highest BCUT2D eigenvalue weighted by atomic mass is 32.2. The minimum absolute atomic E-state index is 0.114. The van der Waals surface area contributed by atoms with Crippen LogP contribution in [0.2, 0.25) is 0 Å². The predicted molar refractivity (Wildman–Crippen MR) is 99.2 cm³/mol. The summed E-state index contributed by atoms with van der Waals surface area (Å²) in [5.74, 6) is -1.02. The Labute approximate surface area is 165 Å². The molecule has 2 aromatic rings. The lowest BCUT2D eigenvalue weighted by Gasteiger charge is -2.10. The van der Waals surface area contributed by atoms with Gasteiger partial charge < -0.3 is 10.6 Å². The van der Waals surface area contributed by atoms with Crippen LogP contribution in [0.15, 0.2) is 53.4 Å². The van der Waals surface area contributed by atoms with E-state index in [1.54, 1.807) is 0 Å². The van der Waals surface area contributed by atoms with E-state index in [4.69, 9.17) is 0 Å². The molecule has 0 fully saturated rings. The number of hydrogen-bond acceptors (Lipinski definition) is 4. The number of halogens is 3. The first-order chi connectivity index (χ1) is 13.5. The number of anilines is 1. The molecule has 0 bridgehead atoms. The van der Waals surface area contributed by atoms with Gasteiger partial charge in [0.1, 0.15) is 0 Å². The number of amides is 2. The molecular formula is C18H18F3N3O4S. The lowest BCUT2D eigenvalue weighted by Crippen LogP contribution is -2.36. The Morgan fingerprint density at radius 3 is 2.28 bits per heavy atom. The maximum atomic E-state index is 12.7. The van der Waals surface area contributed by atoms with Gasteiger partial charge in [-0.25, -0.2) is 13.1 Å². The van der Waals surface area contributed by atoms with E-state index in [0.717, 1.165) is 12.1 Å². The Bertz CT molecular complexity index is 990. The third-order valence-corrected chi connectivity index (χ3v) is 5.07. The molecule has 0 aliphatic heterocycles. The van der Waals surface area contributed by atoms with Crippen molar-refractivity contribution >= 4 is 27.5 Å². The number of carbonyl (C=O) groups is 2. The van der Waals surface area contributed by atoms with E-state index in [0.29, 0.717) is 5.69 Å². The Morgan fingerprint density at radius 2 is 1.69 bits per heavy atom. The Kier molecular flexibility index (Phi) is 6.98. The first-order valence-electron chi connectivity index (χ1n) is 8.27. The molecule has 0 heterocycles. The van der Waals surface area contributed by atoms with Crippen LogP contribution < -0.4 is 15.4 Å². The van der Waals surface area contributed by atoms with Crippen LogP contribution in [0.4, 0.5) is 18.9 Å². The van der Waals surface area contributed by atoms with Crippen molar-refractivity contribution in [2.45, 2.75) is 24.5 Å². The molecule has 3 N–H and O–H groups in total. The summed E-state index contributed by atoms with van der Waals surface area (Å²) in [5, 5.41) is 4.84. The summed E-state index contributed by atoms with van der Waals surface area (Å²) in [4.78, 5) is 22.7. The van der Waals surface area contributed by atoms with Crippen LogP contribution in [0.1, 0.15) is 18.1 Å². The predicted octanol–water partition coefficient (Wildman–Crippen LogP) is 2.26. The summed E-state index contributed by atoms with van der Waals surface area (Å²) in [6, 6.07) is 9.75. The van der Waals surface area contributed by atoms with Crippen molar-refractivity contribution in [3.63, 3.8) is 0 Å². The molecule has 29 heavy (non-hydrogen) atoms. The molecule has 0 saturated heterocycles. The summed E-state index contributed by atoms with van der Waals surface area (Å²) in [6.45, 7) is 0.537. The first-order valence-corrected chi connectivity index (χ1v) is 9.76. The van der Waals surface area contributed by atoms with Crippen LogP contribution >= 0.6 is 0 Å². The number of sulfonamides is 1. The average molecular weight is 429 g/mol. The second kappa shape index (κ2) is 9.05. The molecule has 2 rings (SSSR count). The van der Waals surface area contributed by atoms with Crippen molar-refractivity contribution in [2.75, 3.05) is 11.9 Å². The molecule has 7 nitrogen and oxygen atoms in total. The van der Waals surface area contributed by atoms with E-state index in [1.165, 1.54) is 43.3 Å². The van der Waals surface area contributed by atoms with Crippen molar-refractivity contribution in [3.8, 4) is 0 Å². The van der Waals surface area contributed by atoms with Gasteiger partial charge in [-0.3, -0.25) is 9.59 Å². The number of carbonyl (C=O) groups excluding carboxylic acids is 2. The Balaban J connectivity index is 1.90. The van der Waals surface area contributed by atoms with Crippen molar-refractivity contribution < 1.29 is 31.2 Å². The standard InChI is InChI=1S/C18H18F3N3O4S/c1-12(25)24-15-5-7-16(8-6-15)29(27,28)23-11-17(26)22-10-13-3-2-4-14(9-13)18(19,20)21/h2-9,23H,10-11H2,1H3,(H,22,26)(H,24,25). The van der Waals surface area contributed by atoms with E-state index in [2.05, 4.69) is 15.4 Å². The average Bonchev–Trinajstić information content (AvgIpc) is 2.64. The minimum Gasteiger partial charge on any atom is -0.351 e. The van der Waals surface area contributed by atoms with Crippen LogP contribution in [-0.2, 0) is 32.3 Å². The normalized spacial score (nSPS) is 11.7. The smallest absolute Gasteiger partial charge is 0.351 e. The van der Waals surface area contributed by atoms with Gasteiger partial charge in [-0.2, -0.15) is 13.2 Å². The molecule has 0 radical (unpaired) electrons. The molecular weight excluding hydrogens is 411 g/mol. The molecule has 0 aliphatic rings. The fraction of sp³-hybridized carbons (Fsp3) is 0.222. The van der Waals surface area contributed by atoms with Gasteiger partial charge in [0.2, 0.25) is 21.8 Å². The third-order valence-electron chi connectivity index (χ3n) is 3.65. The number of rotatable bonds is 7. The number of nitrogens with one attached hydrogen (secondary N) is 3. The summed E-state index contributed by atoms with van der Waals surface area (Å²) in [6.07, 6.45) is -4.49. The largest absolute Gasteiger partial charge is 0.416 e. The van der Waals surface area contributed by atoms with Crippen LogP contribution in [0.25, 0.3) is 0 Å². The molecule has 0 aromatic heterocycles. The highest BCUT2D eigenvalue weighted by Gasteiger charge is 2.30. The van der Waals surface area contributed by atoms with Crippen molar-refractivity contribution in [2.24, 2.45) is 0 Å². The van der Waals surface area contributed by atoms with E-state index in [1.807, 2.05) is 0 Å². The fourth-order valence-corrected chi connectivity index (χ4v) is 3.27. The van der Waals surface area contributed by atoms with Gasteiger partial charge in [0.25, 0.3) is 0 Å². The maximum Gasteiger partial charge on any atom is 0.416 e. The number of benzene rings is 2. The van der Waals surface area contributed by atoms with Gasteiger partial charge >= 0.3 is 6.18 Å². The second-order valence-electron chi connectivity index (χ2n) is 6.00. The van der Waals surface area contributed by atoms with Crippen LogP contribution in [-0.4, -0.2) is 26.8 Å². The molecule has 0 saturated carbocycles. The van der Waals surface area contributed by atoms with Crippen molar-refractivity contribution in [1.29, 1.82) is 0 Å². The number of hydrogen-bond donors (Lipinski definition) is 3. The van der Waals surface area contributed by atoms with E-state index < -0.39 is 34.2 Å². The van der Waals surface area contributed by atoms with Gasteiger partial charge in [0.05, 0.1) is 17.0 Å². The van der Waals surface area contributed by atoms with Crippen LogP contribution in [0, 0.1) is 0 Å². The van der Waals surface area contributed by atoms with Gasteiger partial charge in [-0.15, -0.1) is 0 Å². The zero-order valence-corrected chi connectivity index (χ0v) is 16.0. The zero-order valence-electron chi connectivity index (χ0n) is 15.2. The van der Waals surface area contributed by atoms with Crippen molar-refractivity contribution in [1.82, 2.24) is 10.0 Å². The molecule has 0 aliphatic carbocycles. The third kappa shape index (κ3) is 6.88. The molecule has 2 aromatic carbocycles.